The summed E-state index contributed by atoms with van der Waals surface area (Å²) in [5.74, 6) is 2.17. The van der Waals surface area contributed by atoms with Crippen LogP contribution in [-0.4, -0.2) is 56.6 Å². The van der Waals surface area contributed by atoms with Crippen LogP contribution in [0.2, 0.25) is 0 Å². The Balaban J connectivity index is 2.08. The molecule has 1 aromatic rings. The summed E-state index contributed by atoms with van der Waals surface area (Å²) in [6, 6.07) is 5.82. The van der Waals surface area contributed by atoms with Gasteiger partial charge < -0.3 is 24.1 Å². The van der Waals surface area contributed by atoms with Gasteiger partial charge in [0.2, 0.25) is 0 Å². The van der Waals surface area contributed by atoms with E-state index in [1.165, 1.54) is 0 Å². The van der Waals surface area contributed by atoms with E-state index in [-0.39, 0.29) is 0 Å². The number of benzene rings is 1. The quantitative estimate of drug-likeness (QED) is 0.787. The predicted molar refractivity (Wildman–Crippen MR) is 86.5 cm³/mol. The summed E-state index contributed by atoms with van der Waals surface area (Å²) in [6.45, 7) is 4.69. The zero-order valence-electron chi connectivity index (χ0n) is 13.9. The van der Waals surface area contributed by atoms with Crippen molar-refractivity contribution in [3.8, 4) is 11.5 Å². The summed E-state index contributed by atoms with van der Waals surface area (Å²) >= 11 is 0. The summed E-state index contributed by atoms with van der Waals surface area (Å²) in [4.78, 5) is 2.10. The molecule has 0 saturated carbocycles. The minimum absolute atomic E-state index is 0.430. The van der Waals surface area contributed by atoms with Gasteiger partial charge in [0.15, 0.2) is 11.5 Å². The predicted octanol–water partition coefficient (Wildman–Crippen LogP) is 1.77. The van der Waals surface area contributed by atoms with Crippen molar-refractivity contribution < 1.29 is 24.1 Å². The monoisotopic (exact) mass is 323 g/mol. The SMILES string of the molecule is COc1ccc(CN(CC2=COCCO2)CC(C)O)cc1OC. The molecule has 1 atom stereocenters. The number of aliphatic hydroxyl groups excluding tert-OH is 1. The number of rotatable bonds is 8. The van der Waals surface area contributed by atoms with Gasteiger partial charge in [0.25, 0.3) is 0 Å². The number of nitrogens with zero attached hydrogens (tertiary/aromatic N) is 1. The van der Waals surface area contributed by atoms with Crippen LogP contribution >= 0.6 is 0 Å². The second kappa shape index (κ2) is 8.64. The van der Waals surface area contributed by atoms with Gasteiger partial charge in [-0.3, -0.25) is 4.90 Å². The van der Waals surface area contributed by atoms with Gasteiger partial charge in [-0.15, -0.1) is 0 Å². The molecular formula is C17H25NO5. The third-order valence-corrected chi connectivity index (χ3v) is 3.46. The Hall–Kier alpha value is -1.92. The highest BCUT2D eigenvalue weighted by molar-refractivity contribution is 5.42. The van der Waals surface area contributed by atoms with Crippen molar-refractivity contribution in [1.29, 1.82) is 0 Å². The van der Waals surface area contributed by atoms with E-state index >= 15 is 0 Å². The molecule has 0 bridgehead atoms. The molecule has 1 unspecified atom stereocenters. The first kappa shape index (κ1) is 17.4. The van der Waals surface area contributed by atoms with E-state index in [9.17, 15) is 5.11 Å². The summed E-state index contributed by atoms with van der Waals surface area (Å²) in [5.41, 5.74) is 1.07. The van der Waals surface area contributed by atoms with Crippen LogP contribution in [0.4, 0.5) is 0 Å². The summed E-state index contributed by atoms with van der Waals surface area (Å²) in [6.07, 6.45) is 1.22. The van der Waals surface area contributed by atoms with E-state index in [1.54, 1.807) is 27.4 Å². The molecule has 0 fully saturated rings. The van der Waals surface area contributed by atoms with Gasteiger partial charge in [-0.25, -0.2) is 0 Å². The molecule has 128 valence electrons. The van der Waals surface area contributed by atoms with Crippen LogP contribution < -0.4 is 9.47 Å². The molecule has 1 aliphatic heterocycles. The molecule has 1 heterocycles. The zero-order valence-corrected chi connectivity index (χ0v) is 13.9. The maximum Gasteiger partial charge on any atom is 0.161 e. The van der Waals surface area contributed by atoms with Crippen LogP contribution in [0.3, 0.4) is 0 Å². The van der Waals surface area contributed by atoms with Crippen LogP contribution in [0.15, 0.2) is 30.2 Å². The molecule has 0 saturated heterocycles. The van der Waals surface area contributed by atoms with E-state index in [1.807, 2.05) is 18.2 Å². The normalized spacial score (nSPS) is 15.4. The first-order valence-electron chi connectivity index (χ1n) is 7.67. The van der Waals surface area contributed by atoms with Gasteiger partial charge in [-0.1, -0.05) is 6.07 Å². The fourth-order valence-electron chi connectivity index (χ4n) is 2.51. The maximum atomic E-state index is 9.74. The van der Waals surface area contributed by atoms with Gasteiger partial charge in [0.05, 0.1) is 26.9 Å². The molecule has 6 heteroatoms. The third kappa shape index (κ3) is 5.33. The second-order valence-electron chi connectivity index (χ2n) is 5.51. The highest BCUT2D eigenvalue weighted by atomic mass is 16.6. The summed E-state index contributed by atoms with van der Waals surface area (Å²) < 4.78 is 21.5. The number of aliphatic hydroxyl groups is 1. The minimum Gasteiger partial charge on any atom is -0.494 e. The fourth-order valence-corrected chi connectivity index (χ4v) is 2.51. The molecule has 1 N–H and O–H groups in total. The van der Waals surface area contributed by atoms with Crippen molar-refractivity contribution in [3.63, 3.8) is 0 Å². The lowest BCUT2D eigenvalue weighted by Crippen LogP contribution is -2.33. The topological polar surface area (TPSA) is 60.4 Å². The molecule has 0 spiro atoms. The Labute approximate surface area is 137 Å². The van der Waals surface area contributed by atoms with Crippen LogP contribution in [0, 0.1) is 0 Å². The number of hydrogen-bond acceptors (Lipinski definition) is 6. The molecule has 1 aromatic carbocycles. The average molecular weight is 323 g/mol. The molecule has 23 heavy (non-hydrogen) atoms. The first-order valence-corrected chi connectivity index (χ1v) is 7.67. The Kier molecular flexibility index (Phi) is 6.55. The van der Waals surface area contributed by atoms with Crippen molar-refractivity contribution in [1.82, 2.24) is 4.90 Å². The Morgan fingerprint density at radius 1 is 1.17 bits per heavy atom. The Bertz CT molecular complexity index is 530. The van der Waals surface area contributed by atoms with E-state index in [2.05, 4.69) is 4.90 Å². The highest BCUT2D eigenvalue weighted by Crippen LogP contribution is 2.28. The number of methoxy groups -OCH3 is 2. The van der Waals surface area contributed by atoms with Gasteiger partial charge in [-0.2, -0.15) is 0 Å². The van der Waals surface area contributed by atoms with Crippen LogP contribution in [-0.2, 0) is 16.0 Å². The molecule has 1 aliphatic rings. The van der Waals surface area contributed by atoms with Gasteiger partial charge in [-0.05, 0) is 24.6 Å². The fraction of sp³-hybridized carbons (Fsp3) is 0.529. The maximum absolute atomic E-state index is 9.74. The molecule has 0 aromatic heterocycles. The highest BCUT2D eigenvalue weighted by Gasteiger charge is 2.15. The van der Waals surface area contributed by atoms with Crippen LogP contribution in [0.25, 0.3) is 0 Å². The number of ether oxygens (including phenoxy) is 4. The molecule has 6 nitrogen and oxygen atoms in total. The Morgan fingerprint density at radius 2 is 1.96 bits per heavy atom. The smallest absolute Gasteiger partial charge is 0.161 e. The van der Waals surface area contributed by atoms with Crippen molar-refractivity contribution in [2.24, 2.45) is 0 Å². The lowest BCUT2D eigenvalue weighted by Gasteiger charge is -2.26. The van der Waals surface area contributed by atoms with E-state index < -0.39 is 6.10 Å². The van der Waals surface area contributed by atoms with E-state index in [0.717, 1.165) is 11.3 Å². The Morgan fingerprint density at radius 3 is 2.57 bits per heavy atom. The molecular weight excluding hydrogens is 298 g/mol. The zero-order chi connectivity index (χ0) is 16.7. The van der Waals surface area contributed by atoms with E-state index in [0.29, 0.717) is 44.3 Å². The lowest BCUT2D eigenvalue weighted by molar-refractivity contribution is 0.0589. The molecule has 2 rings (SSSR count). The van der Waals surface area contributed by atoms with Gasteiger partial charge in [0.1, 0.15) is 25.2 Å². The lowest BCUT2D eigenvalue weighted by atomic mass is 10.1. The van der Waals surface area contributed by atoms with Crippen molar-refractivity contribution in [2.45, 2.75) is 19.6 Å². The van der Waals surface area contributed by atoms with E-state index in [4.69, 9.17) is 18.9 Å². The summed E-state index contributed by atoms with van der Waals surface area (Å²) in [5, 5.41) is 9.74. The third-order valence-electron chi connectivity index (χ3n) is 3.46. The largest absolute Gasteiger partial charge is 0.494 e. The standard InChI is InChI=1S/C17H25NO5/c1-13(19)9-18(11-15-12-22-6-7-23-15)10-14-4-5-16(20-2)17(8-14)21-3/h4-5,8,12-13,19H,6-7,9-11H2,1-3H3. The number of hydrogen-bond donors (Lipinski definition) is 1. The minimum atomic E-state index is -0.430. The van der Waals surface area contributed by atoms with Crippen LogP contribution in [0.5, 0.6) is 11.5 Å². The second-order valence-corrected chi connectivity index (χ2v) is 5.51. The van der Waals surface area contributed by atoms with Crippen molar-refractivity contribution in [3.05, 3.63) is 35.8 Å². The average Bonchev–Trinajstić information content (AvgIpc) is 2.55. The van der Waals surface area contributed by atoms with Gasteiger partial charge >= 0.3 is 0 Å². The summed E-state index contributed by atoms with van der Waals surface area (Å²) in [7, 11) is 3.23. The molecule has 0 amide bonds. The van der Waals surface area contributed by atoms with Gasteiger partial charge in [0, 0.05) is 13.1 Å². The van der Waals surface area contributed by atoms with Crippen molar-refractivity contribution >= 4 is 0 Å². The first-order chi connectivity index (χ1) is 11.1. The molecule has 0 radical (unpaired) electrons. The van der Waals surface area contributed by atoms with Crippen molar-refractivity contribution in [2.75, 3.05) is 40.5 Å². The van der Waals surface area contributed by atoms with Crippen LogP contribution in [0.1, 0.15) is 12.5 Å². The molecule has 0 aliphatic carbocycles.